The minimum absolute atomic E-state index is 0.0262. The molecule has 1 N–H and O–H groups in total. The highest BCUT2D eigenvalue weighted by Crippen LogP contribution is 2.43. The third-order valence-corrected chi connectivity index (χ3v) is 5.81. The molecule has 32 heavy (non-hydrogen) atoms. The summed E-state index contributed by atoms with van der Waals surface area (Å²) in [5.41, 5.74) is 0.552. The Morgan fingerprint density at radius 1 is 1.25 bits per heavy atom. The highest BCUT2D eigenvalue weighted by molar-refractivity contribution is 9.10. The van der Waals surface area contributed by atoms with Gasteiger partial charge in [0.05, 0.1) is 26.9 Å². The highest BCUT2D eigenvalue weighted by Gasteiger charge is 2.34. The van der Waals surface area contributed by atoms with Crippen molar-refractivity contribution in [1.29, 1.82) is 0 Å². The van der Waals surface area contributed by atoms with Gasteiger partial charge in [0.25, 0.3) is 5.91 Å². The Morgan fingerprint density at radius 3 is 2.62 bits per heavy atom. The number of amides is 3. The maximum atomic E-state index is 12.8. The molecule has 0 spiro atoms. The van der Waals surface area contributed by atoms with E-state index in [-0.39, 0.29) is 28.8 Å². The molecule has 2 heterocycles. The summed E-state index contributed by atoms with van der Waals surface area (Å²) in [6, 6.07) is 3.93. The first-order valence-corrected chi connectivity index (χ1v) is 10.8. The van der Waals surface area contributed by atoms with Crippen LogP contribution in [0.15, 0.2) is 32.8 Å². The van der Waals surface area contributed by atoms with E-state index in [1.54, 1.807) is 6.07 Å². The van der Waals surface area contributed by atoms with Crippen LogP contribution in [0.4, 0.5) is 4.79 Å². The van der Waals surface area contributed by atoms with Gasteiger partial charge in [-0.25, -0.2) is 9.59 Å². The van der Waals surface area contributed by atoms with Crippen LogP contribution >= 0.6 is 27.5 Å². The quantitative estimate of drug-likeness (QED) is 0.308. The van der Waals surface area contributed by atoms with Crippen molar-refractivity contribution < 1.29 is 33.0 Å². The summed E-state index contributed by atoms with van der Waals surface area (Å²) in [5.74, 6) is -0.209. The Kier molecular flexibility index (Phi) is 7.47. The van der Waals surface area contributed by atoms with Crippen molar-refractivity contribution in [3.8, 4) is 11.5 Å². The molecule has 0 radical (unpaired) electrons. The number of carbonyl (C=O) groups is 3. The summed E-state index contributed by atoms with van der Waals surface area (Å²) < 4.78 is 21.6. The van der Waals surface area contributed by atoms with Gasteiger partial charge < -0.3 is 23.9 Å². The molecule has 0 unspecified atom stereocenters. The lowest BCUT2D eigenvalue weighted by atomic mass is 10.1. The fraction of sp³-hybridized carbons (Fsp3) is 0.286. The van der Waals surface area contributed by atoms with E-state index in [2.05, 4.69) is 26.0 Å². The summed E-state index contributed by atoms with van der Waals surface area (Å²) in [5, 5.41) is 2.81. The van der Waals surface area contributed by atoms with Crippen LogP contribution in [-0.4, -0.2) is 43.1 Å². The van der Waals surface area contributed by atoms with Crippen molar-refractivity contribution in [2.24, 2.45) is 0 Å². The lowest BCUT2D eigenvalue weighted by Gasteiger charge is -2.15. The molecule has 0 aliphatic carbocycles. The maximum Gasteiger partial charge on any atom is 0.373 e. The molecule has 0 saturated carbocycles. The van der Waals surface area contributed by atoms with Gasteiger partial charge in [0.1, 0.15) is 16.5 Å². The minimum atomic E-state index is -0.656. The molecular weight excluding hydrogens is 508 g/mol. The molecule has 170 valence electrons. The number of urea groups is 1. The number of furan rings is 1. The Morgan fingerprint density at radius 2 is 1.97 bits per heavy atom. The van der Waals surface area contributed by atoms with Gasteiger partial charge in [0.2, 0.25) is 5.76 Å². The first-order valence-electron chi connectivity index (χ1n) is 9.59. The summed E-state index contributed by atoms with van der Waals surface area (Å²) in [7, 11) is 1.22. The Hall–Kier alpha value is -2.98. The van der Waals surface area contributed by atoms with E-state index in [0.717, 1.165) is 4.90 Å². The van der Waals surface area contributed by atoms with Gasteiger partial charge in [0.15, 0.2) is 11.5 Å². The highest BCUT2D eigenvalue weighted by atomic mass is 79.9. The number of hydrogen-bond donors (Lipinski definition) is 1. The van der Waals surface area contributed by atoms with Gasteiger partial charge in [-0.3, -0.25) is 9.69 Å². The second-order valence-electron chi connectivity index (χ2n) is 6.42. The molecular formula is C21H20BrClN2O7. The van der Waals surface area contributed by atoms with Crippen molar-refractivity contribution in [2.45, 2.75) is 20.4 Å². The summed E-state index contributed by atoms with van der Waals surface area (Å²) in [4.78, 5) is 37.7. The van der Waals surface area contributed by atoms with Crippen molar-refractivity contribution in [3.63, 3.8) is 0 Å². The molecule has 1 aliphatic heterocycles. The predicted molar refractivity (Wildman–Crippen MR) is 119 cm³/mol. The zero-order valence-electron chi connectivity index (χ0n) is 17.5. The monoisotopic (exact) mass is 526 g/mol. The number of nitrogens with one attached hydrogen (secondary N) is 1. The number of carbonyl (C=O) groups excluding carboxylic acids is 3. The number of methoxy groups -OCH3 is 1. The lowest BCUT2D eigenvalue weighted by Crippen LogP contribution is -2.30. The van der Waals surface area contributed by atoms with E-state index < -0.39 is 17.9 Å². The predicted octanol–water partition coefficient (Wildman–Crippen LogP) is 4.37. The molecule has 0 atom stereocenters. The summed E-state index contributed by atoms with van der Waals surface area (Å²) >= 11 is 9.84. The van der Waals surface area contributed by atoms with Crippen molar-refractivity contribution in [2.75, 3.05) is 20.3 Å². The molecule has 2 aromatic rings. The number of rotatable bonds is 8. The van der Waals surface area contributed by atoms with Crippen molar-refractivity contribution in [1.82, 2.24) is 10.2 Å². The average Bonchev–Trinajstić information content (AvgIpc) is 3.34. The van der Waals surface area contributed by atoms with Gasteiger partial charge in [-0.15, -0.1) is 0 Å². The summed E-state index contributed by atoms with van der Waals surface area (Å²) in [6.45, 7) is 4.26. The van der Waals surface area contributed by atoms with Crippen molar-refractivity contribution >= 4 is 51.5 Å². The molecule has 1 fully saturated rings. The number of ether oxygens (including phenoxy) is 3. The second kappa shape index (κ2) is 10.1. The smallest absolute Gasteiger partial charge is 0.373 e. The minimum Gasteiger partial charge on any atom is -0.490 e. The van der Waals surface area contributed by atoms with Gasteiger partial charge >= 0.3 is 12.0 Å². The zero-order chi connectivity index (χ0) is 23.4. The maximum absolute atomic E-state index is 12.8. The van der Waals surface area contributed by atoms with E-state index in [1.807, 2.05) is 13.8 Å². The number of esters is 1. The Bertz CT molecular complexity index is 1100. The number of benzene rings is 1. The van der Waals surface area contributed by atoms with E-state index in [4.69, 9.17) is 25.5 Å². The third-order valence-electron chi connectivity index (χ3n) is 4.37. The van der Waals surface area contributed by atoms with Crippen LogP contribution in [0.3, 0.4) is 0 Å². The summed E-state index contributed by atoms with van der Waals surface area (Å²) in [6.07, 6.45) is 1.48. The van der Waals surface area contributed by atoms with Crippen LogP contribution in [0.2, 0.25) is 5.02 Å². The van der Waals surface area contributed by atoms with E-state index in [1.165, 1.54) is 25.3 Å². The fourth-order valence-corrected chi connectivity index (χ4v) is 3.62. The molecule has 1 aliphatic rings. The average molecular weight is 528 g/mol. The fourth-order valence-electron chi connectivity index (χ4n) is 2.95. The van der Waals surface area contributed by atoms with Crippen LogP contribution in [0, 0.1) is 0 Å². The Labute approximate surface area is 197 Å². The van der Waals surface area contributed by atoms with Gasteiger partial charge in [-0.2, -0.15) is 0 Å². The Balaban J connectivity index is 1.88. The van der Waals surface area contributed by atoms with Crippen LogP contribution in [0.1, 0.15) is 35.7 Å². The topological polar surface area (TPSA) is 107 Å². The van der Waals surface area contributed by atoms with Crippen LogP contribution in [0.25, 0.3) is 6.08 Å². The van der Waals surface area contributed by atoms with Crippen LogP contribution in [0.5, 0.6) is 11.5 Å². The molecule has 11 heteroatoms. The first-order chi connectivity index (χ1) is 15.3. The molecule has 1 aromatic heterocycles. The molecule has 1 aromatic carbocycles. The van der Waals surface area contributed by atoms with E-state index in [9.17, 15) is 14.4 Å². The zero-order valence-corrected chi connectivity index (χ0v) is 19.8. The standard InChI is InChI=1S/C21H20BrClN2O7/c1-4-30-15-9-11(16(22)17(23)18(15)31-5-2)8-13-19(26)25(21(28)24-13)10-12-6-7-14(32-12)20(27)29-3/h6-9H,4-5,10H2,1-3H3,(H,24,28)/b13-8-. The molecule has 1 saturated heterocycles. The molecule has 9 nitrogen and oxygen atoms in total. The van der Waals surface area contributed by atoms with Gasteiger partial charge in [0, 0.05) is 4.47 Å². The number of halogens is 2. The third kappa shape index (κ3) is 4.76. The number of imide groups is 1. The van der Waals surface area contributed by atoms with E-state index >= 15 is 0 Å². The van der Waals surface area contributed by atoms with Crippen molar-refractivity contribution in [3.05, 3.63) is 50.5 Å². The lowest BCUT2D eigenvalue weighted by molar-refractivity contribution is -0.123. The SMILES string of the molecule is CCOc1cc(/C=C2\NC(=O)N(Cc3ccc(C(=O)OC)o3)C2=O)c(Br)c(Cl)c1OCC. The molecule has 3 amide bonds. The first kappa shape index (κ1) is 23.7. The number of nitrogens with zero attached hydrogens (tertiary/aromatic N) is 1. The molecule has 0 bridgehead atoms. The van der Waals surface area contributed by atoms with Crippen LogP contribution < -0.4 is 14.8 Å². The van der Waals surface area contributed by atoms with Gasteiger partial charge in [-0.05, 0) is 59.6 Å². The van der Waals surface area contributed by atoms with E-state index in [0.29, 0.717) is 34.7 Å². The molecule has 3 rings (SSSR count). The van der Waals surface area contributed by atoms with Crippen LogP contribution in [-0.2, 0) is 16.1 Å². The number of hydrogen-bond acceptors (Lipinski definition) is 7. The second-order valence-corrected chi connectivity index (χ2v) is 7.60. The van der Waals surface area contributed by atoms with Gasteiger partial charge in [-0.1, -0.05) is 11.6 Å². The largest absolute Gasteiger partial charge is 0.490 e. The normalized spacial score (nSPS) is 14.7.